The molecule has 0 fully saturated rings. The summed E-state index contributed by atoms with van der Waals surface area (Å²) in [6, 6.07) is 9.72. The van der Waals surface area contributed by atoms with E-state index >= 15 is 0 Å². The summed E-state index contributed by atoms with van der Waals surface area (Å²) in [5.41, 5.74) is 1.04. The van der Waals surface area contributed by atoms with Crippen LogP contribution >= 0.6 is 20.7 Å². The summed E-state index contributed by atoms with van der Waals surface area (Å²) < 4.78 is 16.7. The second-order valence-electron chi connectivity index (χ2n) is 2.78. The Morgan fingerprint density at radius 1 is 1.27 bits per heavy atom. The second kappa shape index (κ2) is 4.74. The molecule has 0 saturated heterocycles. The Morgan fingerprint density at radius 2 is 2.07 bits per heavy atom. The van der Waals surface area contributed by atoms with Crippen LogP contribution in [-0.2, 0) is 11.3 Å². The average molecular weight is 256 g/mol. The highest BCUT2D eigenvalue weighted by Crippen LogP contribution is 2.34. The third kappa shape index (κ3) is 2.19. The molecule has 0 radical (unpaired) electrons. The zero-order valence-corrected chi connectivity index (χ0v) is 10.4. The molecule has 0 aliphatic rings. The van der Waals surface area contributed by atoms with Gasteiger partial charge in [0.2, 0.25) is 0 Å². The molecular weight excluding hydrogens is 248 g/mol. The molecule has 2 aromatic rings. The van der Waals surface area contributed by atoms with Crippen molar-refractivity contribution in [1.82, 2.24) is 0 Å². The largest absolute Gasteiger partial charge is 0.496 e. The van der Waals surface area contributed by atoms with Crippen molar-refractivity contribution in [3.63, 3.8) is 0 Å². The van der Waals surface area contributed by atoms with Crippen molar-refractivity contribution in [1.29, 1.82) is 0 Å². The first-order chi connectivity index (χ1) is 7.35. The monoisotopic (exact) mass is 256 g/mol. The predicted molar refractivity (Wildman–Crippen MR) is 65.6 cm³/mol. The van der Waals surface area contributed by atoms with Crippen molar-refractivity contribution < 1.29 is 8.95 Å². The quantitative estimate of drug-likeness (QED) is 0.609. The highest BCUT2D eigenvalue weighted by Gasteiger charge is 2.06. The number of hydrogen-bond donors (Lipinski definition) is 0. The van der Waals surface area contributed by atoms with Gasteiger partial charge in [0.25, 0.3) is 0 Å². The van der Waals surface area contributed by atoms with Gasteiger partial charge in [0.05, 0.1) is 12.0 Å². The normalized spacial score (nSPS) is 9.93. The Balaban J connectivity index is 2.58. The van der Waals surface area contributed by atoms with E-state index in [1.807, 2.05) is 30.3 Å². The van der Waals surface area contributed by atoms with Crippen molar-refractivity contribution >= 4 is 31.9 Å². The van der Waals surface area contributed by atoms with Crippen LogP contribution in [0.1, 0.15) is 0 Å². The maximum Gasteiger partial charge on any atom is 0.132 e. The van der Waals surface area contributed by atoms with Gasteiger partial charge in [-0.15, -0.1) is 0 Å². The highest BCUT2D eigenvalue weighted by molar-refractivity contribution is 7.74. The lowest BCUT2D eigenvalue weighted by Gasteiger charge is -2.04. The van der Waals surface area contributed by atoms with Crippen LogP contribution in [0, 0.1) is 3.82 Å². The fourth-order valence-corrected chi connectivity index (χ4v) is 4.07. The molecule has 0 bridgehead atoms. The zero-order chi connectivity index (χ0) is 10.7. The van der Waals surface area contributed by atoms with Crippen LogP contribution in [0.25, 0.3) is 10.4 Å². The summed E-state index contributed by atoms with van der Waals surface area (Å²) >= 11 is 0.536. The fraction of sp³-hybridized carbons (Fsp3) is 0.100. The van der Waals surface area contributed by atoms with Gasteiger partial charge in [-0.3, -0.25) is 0 Å². The van der Waals surface area contributed by atoms with Gasteiger partial charge in [-0.1, -0.05) is 32.8 Å². The topological polar surface area (TPSA) is 26.3 Å². The first-order valence-electron chi connectivity index (χ1n) is 4.21. The molecule has 5 heteroatoms. The van der Waals surface area contributed by atoms with Crippen molar-refractivity contribution in [2.45, 2.75) is 0 Å². The second-order valence-corrected chi connectivity index (χ2v) is 5.86. The van der Waals surface area contributed by atoms with Gasteiger partial charge in [-0.25, -0.2) is 4.21 Å². The first kappa shape index (κ1) is 10.6. The molecular formula is C10H8O2S3. The summed E-state index contributed by atoms with van der Waals surface area (Å²) in [6.07, 6.45) is 0. The number of benzene rings is 1. The van der Waals surface area contributed by atoms with Gasteiger partial charge in [0.1, 0.15) is 20.8 Å². The molecule has 0 aliphatic carbocycles. The third-order valence-electron chi connectivity index (χ3n) is 1.92. The molecule has 1 aromatic carbocycles. The van der Waals surface area contributed by atoms with Crippen LogP contribution < -0.4 is 4.74 Å². The summed E-state index contributed by atoms with van der Waals surface area (Å²) in [7, 11) is 4.75. The highest BCUT2D eigenvalue weighted by atomic mass is 32.9. The van der Waals surface area contributed by atoms with Crippen molar-refractivity contribution in [3.8, 4) is 16.2 Å². The molecule has 0 spiro atoms. The maximum absolute atomic E-state index is 10.6. The van der Waals surface area contributed by atoms with Crippen molar-refractivity contribution in [3.05, 3.63) is 34.2 Å². The van der Waals surface area contributed by atoms with Crippen molar-refractivity contribution in [2.75, 3.05) is 7.11 Å². The van der Waals surface area contributed by atoms with E-state index in [0.717, 1.165) is 20.0 Å². The molecule has 0 unspecified atom stereocenters. The molecule has 0 saturated carbocycles. The molecule has 0 aliphatic heterocycles. The van der Waals surface area contributed by atoms with Gasteiger partial charge < -0.3 is 4.74 Å². The van der Waals surface area contributed by atoms with Gasteiger partial charge in [-0.05, 0) is 18.2 Å². The SMILES string of the molecule is COc1ccccc1-c1cc(=S=O)ss1. The standard InChI is InChI=1S/C10H8O2S3/c1-12-8-5-3-2-4-7(8)9-6-10(13-11)15-14-9/h2-6H,1H3. The Kier molecular flexibility index (Phi) is 3.35. The van der Waals surface area contributed by atoms with Gasteiger partial charge >= 0.3 is 0 Å². The van der Waals surface area contributed by atoms with Crippen LogP contribution in [0.4, 0.5) is 0 Å². The summed E-state index contributed by atoms with van der Waals surface area (Å²) in [5.74, 6) is 0.842. The fourth-order valence-electron chi connectivity index (χ4n) is 1.25. The number of rotatable bonds is 2. The number of ether oxygens (including phenoxy) is 1. The minimum Gasteiger partial charge on any atom is -0.496 e. The Morgan fingerprint density at radius 3 is 2.73 bits per heavy atom. The van der Waals surface area contributed by atoms with Crippen LogP contribution in [-0.4, -0.2) is 11.3 Å². The molecule has 2 rings (SSSR count). The molecule has 1 heterocycles. The van der Waals surface area contributed by atoms with Crippen molar-refractivity contribution in [2.24, 2.45) is 0 Å². The number of methoxy groups -OCH3 is 1. The molecule has 78 valence electrons. The number of para-hydroxylation sites is 1. The molecule has 1 aromatic heterocycles. The average Bonchev–Trinajstić information content (AvgIpc) is 2.77. The Hall–Kier alpha value is -0.910. The molecule has 0 atom stereocenters. The maximum atomic E-state index is 10.6. The van der Waals surface area contributed by atoms with Crippen LogP contribution in [0.2, 0.25) is 0 Å². The minimum absolute atomic E-state index is 0.536. The van der Waals surface area contributed by atoms with E-state index in [1.54, 1.807) is 17.5 Å². The van der Waals surface area contributed by atoms with Gasteiger partial charge in [0, 0.05) is 5.56 Å². The minimum atomic E-state index is 0.536. The lowest BCUT2D eigenvalue weighted by molar-refractivity contribution is 0.416. The molecule has 2 nitrogen and oxygen atoms in total. The Bertz CT molecular complexity index is 550. The van der Waals surface area contributed by atoms with E-state index in [9.17, 15) is 4.21 Å². The van der Waals surface area contributed by atoms with E-state index in [1.165, 1.54) is 10.3 Å². The summed E-state index contributed by atoms with van der Waals surface area (Å²) in [6.45, 7) is 0. The van der Waals surface area contributed by atoms with E-state index in [4.69, 9.17) is 4.74 Å². The van der Waals surface area contributed by atoms with Crippen LogP contribution in [0.15, 0.2) is 30.3 Å². The summed E-state index contributed by atoms with van der Waals surface area (Å²) in [5, 5.41) is 0. The summed E-state index contributed by atoms with van der Waals surface area (Å²) in [4.78, 5) is 1.08. The third-order valence-corrected chi connectivity index (χ3v) is 5.18. The van der Waals surface area contributed by atoms with E-state index < -0.39 is 0 Å². The predicted octanol–water partition coefficient (Wildman–Crippen LogP) is 3.23. The smallest absolute Gasteiger partial charge is 0.132 e. The lowest BCUT2D eigenvalue weighted by atomic mass is 10.2. The molecule has 0 amide bonds. The first-order valence-corrected chi connectivity index (χ1v) is 7.10. The van der Waals surface area contributed by atoms with Crippen LogP contribution in [0.5, 0.6) is 5.75 Å². The Labute approximate surface area is 98.2 Å². The van der Waals surface area contributed by atoms with E-state index in [2.05, 4.69) is 0 Å². The van der Waals surface area contributed by atoms with Crippen LogP contribution in [0.3, 0.4) is 0 Å². The van der Waals surface area contributed by atoms with Gasteiger partial charge in [0.15, 0.2) is 0 Å². The number of hydrogen-bond acceptors (Lipinski definition) is 4. The van der Waals surface area contributed by atoms with E-state index in [0.29, 0.717) is 11.3 Å². The lowest BCUT2D eigenvalue weighted by Crippen LogP contribution is -1.84. The van der Waals surface area contributed by atoms with E-state index in [-0.39, 0.29) is 0 Å². The van der Waals surface area contributed by atoms with Gasteiger partial charge in [-0.2, -0.15) is 0 Å². The molecule has 15 heavy (non-hydrogen) atoms. The molecule has 0 N–H and O–H groups in total. The zero-order valence-electron chi connectivity index (χ0n) is 7.93.